The van der Waals surface area contributed by atoms with Gasteiger partial charge in [0, 0.05) is 36.3 Å². The number of halogens is 1. The van der Waals surface area contributed by atoms with Gasteiger partial charge < -0.3 is 9.64 Å². The summed E-state index contributed by atoms with van der Waals surface area (Å²) >= 11 is 5.88. The van der Waals surface area contributed by atoms with E-state index in [1.54, 1.807) is 43.0 Å². The summed E-state index contributed by atoms with van der Waals surface area (Å²) < 4.78 is 5.90. The van der Waals surface area contributed by atoms with Crippen molar-refractivity contribution in [3.8, 4) is 5.75 Å². The number of amides is 1. The van der Waals surface area contributed by atoms with Gasteiger partial charge in [0.2, 0.25) is 0 Å². The van der Waals surface area contributed by atoms with Gasteiger partial charge in [0.25, 0.3) is 5.91 Å². The highest BCUT2D eigenvalue weighted by Gasteiger charge is 2.36. The van der Waals surface area contributed by atoms with E-state index < -0.39 is 5.60 Å². The molecule has 1 aromatic heterocycles. The van der Waals surface area contributed by atoms with Gasteiger partial charge in [-0.25, -0.2) is 9.97 Å². The van der Waals surface area contributed by atoms with Crippen molar-refractivity contribution < 1.29 is 9.53 Å². The SMILES string of the molecule is Cc1ncc2c(n1)CCN(C(=O)C(C)(C)Oc1ccc(Cl)cc1)C2. The average molecular weight is 346 g/mol. The van der Waals surface area contributed by atoms with Crippen molar-refractivity contribution in [2.45, 2.75) is 39.3 Å². The Morgan fingerprint density at radius 1 is 1.29 bits per heavy atom. The third-order valence-corrected chi connectivity index (χ3v) is 4.30. The van der Waals surface area contributed by atoms with E-state index in [9.17, 15) is 4.79 Å². The monoisotopic (exact) mass is 345 g/mol. The normalized spacial score (nSPS) is 14.2. The van der Waals surface area contributed by atoms with Crippen molar-refractivity contribution in [1.82, 2.24) is 14.9 Å². The van der Waals surface area contributed by atoms with Crippen molar-refractivity contribution in [2.24, 2.45) is 0 Å². The van der Waals surface area contributed by atoms with Crippen LogP contribution < -0.4 is 4.74 Å². The Kier molecular flexibility index (Phi) is 4.45. The lowest BCUT2D eigenvalue weighted by molar-refractivity contribution is -0.146. The zero-order valence-corrected chi connectivity index (χ0v) is 14.8. The number of rotatable bonds is 3. The molecule has 1 aromatic carbocycles. The molecule has 3 rings (SSSR count). The summed E-state index contributed by atoms with van der Waals surface area (Å²) in [5, 5.41) is 0.634. The molecular weight excluding hydrogens is 326 g/mol. The molecule has 0 spiro atoms. The Morgan fingerprint density at radius 3 is 2.71 bits per heavy atom. The molecule has 0 atom stereocenters. The first-order valence-corrected chi connectivity index (χ1v) is 8.28. The first kappa shape index (κ1) is 16.7. The number of fused-ring (bicyclic) bond motifs is 1. The fourth-order valence-electron chi connectivity index (χ4n) is 2.81. The number of hydrogen-bond donors (Lipinski definition) is 0. The van der Waals surface area contributed by atoms with Gasteiger partial charge in [-0.1, -0.05) is 11.6 Å². The molecule has 1 amide bonds. The molecule has 1 aliphatic rings. The van der Waals surface area contributed by atoms with Crippen molar-refractivity contribution in [1.29, 1.82) is 0 Å². The molecule has 0 radical (unpaired) electrons. The van der Waals surface area contributed by atoms with Crippen molar-refractivity contribution in [2.75, 3.05) is 6.54 Å². The maximum Gasteiger partial charge on any atom is 0.266 e. The molecular formula is C18H20ClN3O2. The third kappa shape index (κ3) is 3.51. The minimum Gasteiger partial charge on any atom is -0.478 e. The molecule has 0 saturated heterocycles. The second-order valence-corrected chi connectivity index (χ2v) is 6.87. The van der Waals surface area contributed by atoms with E-state index in [1.807, 2.05) is 13.1 Å². The second kappa shape index (κ2) is 6.40. The molecule has 24 heavy (non-hydrogen) atoms. The van der Waals surface area contributed by atoms with Crippen molar-refractivity contribution >= 4 is 17.5 Å². The van der Waals surface area contributed by atoms with Gasteiger partial charge in [-0.05, 0) is 45.0 Å². The van der Waals surface area contributed by atoms with E-state index >= 15 is 0 Å². The zero-order chi connectivity index (χ0) is 17.3. The number of carbonyl (C=O) groups excluding carboxylic acids is 1. The summed E-state index contributed by atoms with van der Waals surface area (Å²) in [7, 11) is 0. The highest BCUT2D eigenvalue weighted by molar-refractivity contribution is 6.30. The molecule has 1 aliphatic heterocycles. The van der Waals surface area contributed by atoms with Gasteiger partial charge in [0.15, 0.2) is 5.60 Å². The molecule has 0 saturated carbocycles. The van der Waals surface area contributed by atoms with Crippen LogP contribution in [0.15, 0.2) is 30.5 Å². The van der Waals surface area contributed by atoms with Crippen LogP contribution in [0.25, 0.3) is 0 Å². The van der Waals surface area contributed by atoms with Crippen LogP contribution in [0.3, 0.4) is 0 Å². The molecule has 0 bridgehead atoms. The lowest BCUT2D eigenvalue weighted by Crippen LogP contribution is -2.50. The summed E-state index contributed by atoms with van der Waals surface area (Å²) in [6.07, 6.45) is 2.55. The molecule has 6 heteroatoms. The number of aromatic nitrogens is 2. The summed E-state index contributed by atoms with van der Waals surface area (Å²) in [6.45, 7) is 6.59. The van der Waals surface area contributed by atoms with E-state index in [4.69, 9.17) is 16.3 Å². The fraction of sp³-hybridized carbons (Fsp3) is 0.389. The van der Waals surface area contributed by atoms with Crippen LogP contribution in [-0.4, -0.2) is 32.9 Å². The van der Waals surface area contributed by atoms with E-state index in [2.05, 4.69) is 9.97 Å². The number of carbonyl (C=O) groups is 1. The zero-order valence-electron chi connectivity index (χ0n) is 14.0. The van der Waals surface area contributed by atoms with Gasteiger partial charge in [-0.3, -0.25) is 4.79 Å². The van der Waals surface area contributed by atoms with Gasteiger partial charge in [0.05, 0.1) is 5.69 Å². The molecule has 0 unspecified atom stereocenters. The maximum absolute atomic E-state index is 12.9. The molecule has 2 aromatic rings. The van der Waals surface area contributed by atoms with Gasteiger partial charge in [-0.15, -0.1) is 0 Å². The Labute approximate surface area is 146 Å². The van der Waals surface area contributed by atoms with E-state index in [0.717, 1.165) is 23.5 Å². The molecule has 5 nitrogen and oxygen atoms in total. The lowest BCUT2D eigenvalue weighted by atomic mass is 10.0. The number of ether oxygens (including phenoxy) is 1. The quantitative estimate of drug-likeness (QED) is 0.857. The van der Waals surface area contributed by atoms with Crippen molar-refractivity contribution in [3.05, 3.63) is 52.6 Å². The largest absolute Gasteiger partial charge is 0.478 e. The fourth-order valence-corrected chi connectivity index (χ4v) is 2.94. The summed E-state index contributed by atoms with van der Waals surface area (Å²) in [6, 6.07) is 7.02. The molecule has 0 aliphatic carbocycles. The van der Waals surface area contributed by atoms with Crippen LogP contribution in [0.4, 0.5) is 0 Å². The smallest absolute Gasteiger partial charge is 0.266 e. The average Bonchev–Trinajstić information content (AvgIpc) is 2.55. The number of hydrogen-bond acceptors (Lipinski definition) is 4. The topological polar surface area (TPSA) is 55.3 Å². The van der Waals surface area contributed by atoms with Crippen LogP contribution in [-0.2, 0) is 17.8 Å². The Bertz CT molecular complexity index is 759. The van der Waals surface area contributed by atoms with Gasteiger partial charge in [-0.2, -0.15) is 0 Å². The summed E-state index contributed by atoms with van der Waals surface area (Å²) in [5.41, 5.74) is 1.07. The van der Waals surface area contributed by atoms with Gasteiger partial charge >= 0.3 is 0 Å². The number of aryl methyl sites for hydroxylation is 1. The van der Waals surface area contributed by atoms with E-state index in [1.165, 1.54) is 0 Å². The first-order chi connectivity index (χ1) is 11.3. The highest BCUT2D eigenvalue weighted by atomic mass is 35.5. The van der Waals surface area contributed by atoms with Crippen LogP contribution in [0.5, 0.6) is 5.75 Å². The first-order valence-electron chi connectivity index (χ1n) is 7.90. The minimum atomic E-state index is -0.961. The van der Waals surface area contributed by atoms with Crippen molar-refractivity contribution in [3.63, 3.8) is 0 Å². The van der Waals surface area contributed by atoms with Crippen LogP contribution in [0.1, 0.15) is 30.9 Å². The van der Waals surface area contributed by atoms with Crippen LogP contribution >= 0.6 is 11.6 Å². The molecule has 2 heterocycles. The summed E-state index contributed by atoms with van der Waals surface area (Å²) in [5.74, 6) is 1.33. The Morgan fingerprint density at radius 2 is 2.00 bits per heavy atom. The predicted octanol–water partition coefficient (Wildman–Crippen LogP) is 3.18. The summed E-state index contributed by atoms with van der Waals surface area (Å²) in [4.78, 5) is 23.4. The maximum atomic E-state index is 12.9. The predicted molar refractivity (Wildman–Crippen MR) is 92.0 cm³/mol. The van der Waals surface area contributed by atoms with E-state index in [0.29, 0.717) is 23.9 Å². The Balaban J connectivity index is 1.73. The molecule has 0 N–H and O–H groups in total. The molecule has 0 fully saturated rings. The third-order valence-electron chi connectivity index (χ3n) is 4.04. The highest BCUT2D eigenvalue weighted by Crippen LogP contribution is 2.25. The number of benzene rings is 1. The second-order valence-electron chi connectivity index (χ2n) is 6.43. The minimum absolute atomic E-state index is 0.0522. The van der Waals surface area contributed by atoms with Crippen LogP contribution in [0, 0.1) is 6.92 Å². The molecule has 126 valence electrons. The van der Waals surface area contributed by atoms with Crippen LogP contribution in [0.2, 0.25) is 5.02 Å². The Hall–Kier alpha value is -2.14. The standard InChI is InChI=1S/C18H20ClN3O2/c1-12-20-10-13-11-22(9-8-16(13)21-12)17(23)18(2,3)24-15-6-4-14(19)5-7-15/h4-7,10H,8-9,11H2,1-3H3. The lowest BCUT2D eigenvalue weighted by Gasteiger charge is -2.35. The van der Waals surface area contributed by atoms with Gasteiger partial charge in [0.1, 0.15) is 11.6 Å². The van der Waals surface area contributed by atoms with E-state index in [-0.39, 0.29) is 5.91 Å². The number of nitrogens with zero attached hydrogens (tertiary/aromatic N) is 3.